The van der Waals surface area contributed by atoms with Crippen molar-refractivity contribution in [1.82, 2.24) is 13.9 Å². The van der Waals surface area contributed by atoms with Crippen LogP contribution in [-0.2, 0) is 15.0 Å². The largest absolute Gasteiger partial charge is 0.350 e. The van der Waals surface area contributed by atoms with Crippen LogP contribution in [0.25, 0.3) is 0 Å². The van der Waals surface area contributed by atoms with Gasteiger partial charge in [0.1, 0.15) is 0 Å². The van der Waals surface area contributed by atoms with Crippen molar-refractivity contribution >= 4 is 16.1 Å². The van der Waals surface area contributed by atoms with Crippen molar-refractivity contribution in [3.05, 3.63) is 0 Å². The Morgan fingerprint density at radius 3 is 2.23 bits per heavy atom. The van der Waals surface area contributed by atoms with Gasteiger partial charge in [-0.3, -0.25) is 4.79 Å². The highest BCUT2D eigenvalue weighted by atomic mass is 32.2. The van der Waals surface area contributed by atoms with Crippen LogP contribution in [0.2, 0.25) is 0 Å². The first-order valence-electron chi connectivity index (χ1n) is 8.22. The Bertz CT molecular complexity index is 464. The fourth-order valence-electron chi connectivity index (χ4n) is 2.98. The van der Waals surface area contributed by atoms with Crippen LogP contribution in [-0.4, -0.2) is 55.7 Å². The first-order valence-corrected chi connectivity index (χ1v) is 9.61. The molecule has 1 heterocycles. The van der Waals surface area contributed by atoms with Crippen LogP contribution in [0.4, 0.5) is 0 Å². The smallest absolute Gasteiger partial charge is 0.281 e. The molecule has 1 aliphatic heterocycles. The molecular weight excluding hydrogens is 302 g/mol. The summed E-state index contributed by atoms with van der Waals surface area (Å²) in [7, 11) is -0.394. The minimum Gasteiger partial charge on any atom is -0.350 e. The van der Waals surface area contributed by atoms with Crippen LogP contribution < -0.4 is 5.32 Å². The Balaban J connectivity index is 2.79. The van der Waals surface area contributed by atoms with Crippen molar-refractivity contribution in [2.75, 3.05) is 27.2 Å². The fourth-order valence-corrected chi connectivity index (χ4v) is 4.17. The zero-order chi connectivity index (χ0) is 17.0. The van der Waals surface area contributed by atoms with E-state index < -0.39 is 10.2 Å². The molecular formula is C15H31N3O3S. The van der Waals surface area contributed by atoms with E-state index >= 15 is 0 Å². The lowest BCUT2D eigenvalue weighted by Gasteiger charge is -2.37. The predicted molar refractivity (Wildman–Crippen MR) is 88.7 cm³/mol. The van der Waals surface area contributed by atoms with Crippen molar-refractivity contribution in [3.63, 3.8) is 0 Å². The maximum absolute atomic E-state index is 12.6. The maximum Gasteiger partial charge on any atom is 0.281 e. The molecule has 0 aromatic carbocycles. The molecule has 1 saturated heterocycles. The van der Waals surface area contributed by atoms with Crippen molar-refractivity contribution in [3.8, 4) is 0 Å². The van der Waals surface area contributed by atoms with Crippen molar-refractivity contribution in [1.29, 1.82) is 0 Å². The molecule has 1 rings (SSSR count). The lowest BCUT2D eigenvalue weighted by molar-refractivity contribution is -0.128. The lowest BCUT2D eigenvalue weighted by Crippen LogP contribution is -2.53. The van der Waals surface area contributed by atoms with Gasteiger partial charge in [0.05, 0.1) is 5.92 Å². The third-order valence-electron chi connectivity index (χ3n) is 4.96. The maximum atomic E-state index is 12.6. The number of piperidine rings is 1. The van der Waals surface area contributed by atoms with Crippen LogP contribution in [0.15, 0.2) is 0 Å². The lowest BCUT2D eigenvalue weighted by atomic mass is 9.88. The van der Waals surface area contributed by atoms with E-state index in [1.165, 1.54) is 22.7 Å². The molecule has 0 bridgehead atoms. The molecule has 130 valence electrons. The molecule has 0 spiro atoms. The second-order valence-electron chi connectivity index (χ2n) is 6.32. The number of nitrogens with zero attached hydrogens (tertiary/aromatic N) is 2. The summed E-state index contributed by atoms with van der Waals surface area (Å²) in [6, 6.07) is 0. The Kier molecular flexibility index (Phi) is 6.83. The molecule has 7 heteroatoms. The van der Waals surface area contributed by atoms with Gasteiger partial charge in [-0.2, -0.15) is 17.0 Å². The molecule has 0 aliphatic carbocycles. The summed E-state index contributed by atoms with van der Waals surface area (Å²) in [6.07, 6.45) is 4.13. The second-order valence-corrected chi connectivity index (χ2v) is 8.46. The van der Waals surface area contributed by atoms with Gasteiger partial charge in [0, 0.05) is 32.7 Å². The van der Waals surface area contributed by atoms with Crippen LogP contribution in [0, 0.1) is 5.92 Å². The quantitative estimate of drug-likeness (QED) is 0.769. The van der Waals surface area contributed by atoms with E-state index in [0.29, 0.717) is 6.54 Å². The summed E-state index contributed by atoms with van der Waals surface area (Å²) in [5, 5.41) is 3.18. The molecule has 22 heavy (non-hydrogen) atoms. The van der Waals surface area contributed by atoms with Gasteiger partial charge in [-0.05, 0) is 32.1 Å². The first-order chi connectivity index (χ1) is 10.2. The van der Waals surface area contributed by atoms with E-state index in [-0.39, 0.29) is 23.9 Å². The van der Waals surface area contributed by atoms with Gasteiger partial charge < -0.3 is 5.32 Å². The van der Waals surface area contributed by atoms with E-state index in [1.54, 1.807) is 0 Å². The summed E-state index contributed by atoms with van der Waals surface area (Å²) in [6.45, 7) is 7.01. The molecule has 6 nitrogen and oxygen atoms in total. The van der Waals surface area contributed by atoms with Crippen molar-refractivity contribution in [2.45, 2.75) is 58.4 Å². The molecule has 1 amide bonds. The van der Waals surface area contributed by atoms with Gasteiger partial charge >= 0.3 is 0 Å². The number of rotatable bonds is 7. The Morgan fingerprint density at radius 1 is 1.23 bits per heavy atom. The Morgan fingerprint density at radius 2 is 1.77 bits per heavy atom. The molecule has 1 N–H and O–H groups in total. The molecule has 0 saturated carbocycles. The molecule has 1 fully saturated rings. The van der Waals surface area contributed by atoms with E-state index in [9.17, 15) is 13.2 Å². The standard InChI is InChI=1S/C15H31N3O3S/c1-6-15(7-2,8-3)16-14(19)13-10-9-11-18(12-13)22(20,21)17(4)5/h13H,6-12H2,1-5H3,(H,16,19). The number of hydrogen-bond acceptors (Lipinski definition) is 3. The number of carbonyl (C=O) groups is 1. The minimum absolute atomic E-state index is 0.00999. The summed E-state index contributed by atoms with van der Waals surface area (Å²) in [4.78, 5) is 12.6. The first kappa shape index (κ1) is 19.4. The number of hydrogen-bond donors (Lipinski definition) is 1. The van der Waals surface area contributed by atoms with Gasteiger partial charge in [0.2, 0.25) is 5.91 Å². The molecule has 1 aliphatic rings. The number of nitrogens with one attached hydrogen (secondary N) is 1. The second kappa shape index (κ2) is 7.75. The summed E-state index contributed by atoms with van der Waals surface area (Å²) in [5.41, 5.74) is -0.167. The van der Waals surface area contributed by atoms with Gasteiger partial charge in [-0.1, -0.05) is 20.8 Å². The summed E-state index contributed by atoms with van der Waals surface area (Å²) in [5.74, 6) is -0.267. The van der Waals surface area contributed by atoms with Crippen LogP contribution in [0.1, 0.15) is 52.9 Å². The van der Waals surface area contributed by atoms with Gasteiger partial charge in [0.25, 0.3) is 10.2 Å². The summed E-state index contributed by atoms with van der Waals surface area (Å²) < 4.78 is 27.1. The topological polar surface area (TPSA) is 69.7 Å². The monoisotopic (exact) mass is 333 g/mol. The Labute approximate surface area is 135 Å². The third-order valence-corrected chi connectivity index (χ3v) is 6.87. The van der Waals surface area contributed by atoms with E-state index in [2.05, 4.69) is 26.1 Å². The molecule has 0 radical (unpaired) electrons. The zero-order valence-corrected chi connectivity index (χ0v) is 15.4. The van der Waals surface area contributed by atoms with Crippen LogP contribution >= 0.6 is 0 Å². The highest BCUT2D eigenvalue weighted by Gasteiger charge is 2.35. The zero-order valence-electron chi connectivity index (χ0n) is 14.6. The average molecular weight is 333 g/mol. The van der Waals surface area contributed by atoms with Gasteiger partial charge in [-0.15, -0.1) is 0 Å². The van der Waals surface area contributed by atoms with E-state index in [4.69, 9.17) is 0 Å². The van der Waals surface area contributed by atoms with Gasteiger partial charge in [-0.25, -0.2) is 0 Å². The van der Waals surface area contributed by atoms with E-state index in [1.807, 2.05) is 0 Å². The van der Waals surface area contributed by atoms with Crippen molar-refractivity contribution in [2.24, 2.45) is 5.92 Å². The van der Waals surface area contributed by atoms with E-state index in [0.717, 1.165) is 32.1 Å². The van der Waals surface area contributed by atoms with Crippen LogP contribution in [0.5, 0.6) is 0 Å². The van der Waals surface area contributed by atoms with Gasteiger partial charge in [0.15, 0.2) is 0 Å². The average Bonchev–Trinajstić information content (AvgIpc) is 2.52. The highest BCUT2D eigenvalue weighted by Crippen LogP contribution is 2.24. The molecule has 1 atom stereocenters. The van der Waals surface area contributed by atoms with Crippen molar-refractivity contribution < 1.29 is 13.2 Å². The normalized spacial score (nSPS) is 21.1. The fraction of sp³-hybridized carbons (Fsp3) is 0.933. The highest BCUT2D eigenvalue weighted by molar-refractivity contribution is 7.86. The summed E-state index contributed by atoms with van der Waals surface area (Å²) >= 11 is 0. The predicted octanol–water partition coefficient (Wildman–Crippen LogP) is 1.59. The molecule has 0 aromatic rings. The van der Waals surface area contributed by atoms with Crippen LogP contribution in [0.3, 0.4) is 0 Å². The molecule has 1 unspecified atom stereocenters. The molecule has 0 aromatic heterocycles. The third kappa shape index (κ3) is 4.20. The SMILES string of the molecule is CCC(CC)(CC)NC(=O)C1CCCN(S(=O)(=O)N(C)C)C1. The number of carbonyl (C=O) groups excluding carboxylic acids is 1. The Hall–Kier alpha value is -0.660. The minimum atomic E-state index is -3.44. The number of amides is 1.